The van der Waals surface area contributed by atoms with Crippen LogP contribution in [0, 0.1) is 19.8 Å². The van der Waals surface area contributed by atoms with Crippen LogP contribution in [0.15, 0.2) is 6.07 Å². The second kappa shape index (κ2) is 7.32. The molecular weight excluding hydrogens is 334 g/mol. The first-order valence-electron chi connectivity index (χ1n) is 9.24. The van der Waals surface area contributed by atoms with E-state index in [2.05, 4.69) is 43.6 Å². The standard InChI is InChI=1S/C19H28ClN5/c1-6-15-10-17(22-14(5)21-15)24-9-7-8-16(24)18-13(4)23-25(19(18)20)11-12(2)3/h10,12,16H,6-9,11H2,1-5H3. The average Bonchev–Trinajstić information content (AvgIpc) is 3.11. The smallest absolute Gasteiger partial charge is 0.133 e. The summed E-state index contributed by atoms with van der Waals surface area (Å²) in [5.41, 5.74) is 3.28. The molecule has 0 aromatic carbocycles. The number of hydrogen-bond acceptors (Lipinski definition) is 4. The van der Waals surface area contributed by atoms with Gasteiger partial charge in [0, 0.05) is 30.4 Å². The molecule has 3 rings (SSSR count). The van der Waals surface area contributed by atoms with Gasteiger partial charge in [0.15, 0.2) is 0 Å². The molecule has 2 aromatic rings. The Balaban J connectivity index is 1.97. The molecule has 136 valence electrons. The number of nitrogens with zero attached hydrogens (tertiary/aromatic N) is 5. The van der Waals surface area contributed by atoms with Crippen LogP contribution in [-0.2, 0) is 13.0 Å². The lowest BCUT2D eigenvalue weighted by Gasteiger charge is -2.26. The molecule has 25 heavy (non-hydrogen) atoms. The van der Waals surface area contributed by atoms with Crippen molar-refractivity contribution < 1.29 is 0 Å². The topological polar surface area (TPSA) is 46.8 Å². The summed E-state index contributed by atoms with van der Waals surface area (Å²) in [6, 6.07) is 2.36. The second-order valence-electron chi connectivity index (χ2n) is 7.34. The van der Waals surface area contributed by atoms with E-state index in [4.69, 9.17) is 21.7 Å². The molecule has 3 heterocycles. The van der Waals surface area contributed by atoms with Crippen molar-refractivity contribution in [1.82, 2.24) is 19.7 Å². The molecule has 0 radical (unpaired) electrons. The van der Waals surface area contributed by atoms with Crippen LogP contribution >= 0.6 is 11.6 Å². The lowest BCUT2D eigenvalue weighted by Crippen LogP contribution is -2.25. The Morgan fingerprint density at radius 1 is 1.28 bits per heavy atom. The van der Waals surface area contributed by atoms with Crippen LogP contribution in [-0.4, -0.2) is 26.3 Å². The highest BCUT2D eigenvalue weighted by Gasteiger charge is 2.32. The van der Waals surface area contributed by atoms with Gasteiger partial charge in [-0.1, -0.05) is 32.4 Å². The predicted molar refractivity (Wildman–Crippen MR) is 102 cm³/mol. The summed E-state index contributed by atoms with van der Waals surface area (Å²) in [6.45, 7) is 12.4. The van der Waals surface area contributed by atoms with E-state index in [0.717, 1.165) is 66.1 Å². The number of anilines is 1. The lowest BCUT2D eigenvalue weighted by atomic mass is 10.1. The third kappa shape index (κ3) is 3.66. The van der Waals surface area contributed by atoms with Gasteiger partial charge in [-0.25, -0.2) is 9.97 Å². The zero-order valence-electron chi connectivity index (χ0n) is 15.9. The quantitative estimate of drug-likeness (QED) is 0.786. The fourth-order valence-electron chi connectivity index (χ4n) is 3.69. The molecule has 2 aromatic heterocycles. The van der Waals surface area contributed by atoms with Crippen LogP contribution in [0.4, 0.5) is 5.82 Å². The third-order valence-corrected chi connectivity index (χ3v) is 5.17. The first-order valence-corrected chi connectivity index (χ1v) is 9.62. The van der Waals surface area contributed by atoms with Gasteiger partial charge in [0.05, 0.1) is 11.7 Å². The molecule has 6 heteroatoms. The van der Waals surface area contributed by atoms with Gasteiger partial charge >= 0.3 is 0 Å². The van der Waals surface area contributed by atoms with E-state index in [0.29, 0.717) is 5.92 Å². The average molecular weight is 362 g/mol. The van der Waals surface area contributed by atoms with Crippen molar-refractivity contribution in [2.45, 2.75) is 66.5 Å². The summed E-state index contributed by atoms with van der Waals surface area (Å²) in [7, 11) is 0. The number of aryl methyl sites for hydroxylation is 3. The van der Waals surface area contributed by atoms with E-state index in [1.165, 1.54) is 0 Å². The van der Waals surface area contributed by atoms with Crippen molar-refractivity contribution in [2.24, 2.45) is 5.92 Å². The lowest BCUT2D eigenvalue weighted by molar-refractivity contribution is 0.481. The van der Waals surface area contributed by atoms with Crippen molar-refractivity contribution in [3.63, 3.8) is 0 Å². The second-order valence-corrected chi connectivity index (χ2v) is 7.69. The van der Waals surface area contributed by atoms with Crippen molar-refractivity contribution in [1.29, 1.82) is 0 Å². The van der Waals surface area contributed by atoms with Crippen molar-refractivity contribution in [2.75, 3.05) is 11.4 Å². The molecule has 0 N–H and O–H groups in total. The van der Waals surface area contributed by atoms with Crippen LogP contribution in [0.2, 0.25) is 5.15 Å². The zero-order valence-corrected chi connectivity index (χ0v) is 16.6. The Kier molecular flexibility index (Phi) is 5.32. The highest BCUT2D eigenvalue weighted by Crippen LogP contribution is 2.40. The maximum absolute atomic E-state index is 6.74. The number of aromatic nitrogens is 4. The Morgan fingerprint density at radius 3 is 2.72 bits per heavy atom. The Labute approximate surface area is 155 Å². The molecule has 0 amide bonds. The maximum Gasteiger partial charge on any atom is 0.133 e. The molecule has 1 aliphatic rings. The minimum atomic E-state index is 0.243. The van der Waals surface area contributed by atoms with E-state index in [9.17, 15) is 0 Å². The molecule has 1 aliphatic heterocycles. The first kappa shape index (κ1) is 18.2. The largest absolute Gasteiger partial charge is 0.349 e. The molecule has 1 fully saturated rings. The van der Waals surface area contributed by atoms with Crippen LogP contribution < -0.4 is 4.90 Å². The number of rotatable bonds is 5. The van der Waals surface area contributed by atoms with E-state index in [1.807, 2.05) is 11.6 Å². The molecule has 0 bridgehead atoms. The van der Waals surface area contributed by atoms with Gasteiger partial charge in [0.1, 0.15) is 16.8 Å². The SMILES string of the molecule is CCc1cc(N2CCCC2c2c(C)nn(CC(C)C)c2Cl)nc(C)n1. The van der Waals surface area contributed by atoms with Gasteiger partial charge in [0.25, 0.3) is 0 Å². The number of hydrogen-bond donors (Lipinski definition) is 0. The maximum atomic E-state index is 6.74. The van der Waals surface area contributed by atoms with Crippen LogP contribution in [0.5, 0.6) is 0 Å². The minimum Gasteiger partial charge on any atom is -0.349 e. The normalized spacial score (nSPS) is 17.7. The van der Waals surface area contributed by atoms with Crippen molar-refractivity contribution in [3.8, 4) is 0 Å². The summed E-state index contributed by atoms with van der Waals surface area (Å²) in [5, 5.41) is 5.48. The van der Waals surface area contributed by atoms with Gasteiger partial charge in [-0.15, -0.1) is 0 Å². The fraction of sp³-hybridized carbons (Fsp3) is 0.632. The fourth-order valence-corrected chi connectivity index (χ4v) is 4.06. The first-order chi connectivity index (χ1) is 11.9. The molecule has 5 nitrogen and oxygen atoms in total. The van der Waals surface area contributed by atoms with Gasteiger partial charge in [-0.05, 0) is 39.0 Å². The summed E-state index contributed by atoms with van der Waals surface area (Å²) in [6.07, 6.45) is 3.14. The monoisotopic (exact) mass is 361 g/mol. The highest BCUT2D eigenvalue weighted by atomic mass is 35.5. The Hall–Kier alpha value is -1.62. The molecule has 0 aliphatic carbocycles. The summed E-state index contributed by atoms with van der Waals surface area (Å²) in [4.78, 5) is 11.6. The molecule has 0 saturated carbocycles. The molecule has 1 saturated heterocycles. The Bertz CT molecular complexity index is 753. The van der Waals surface area contributed by atoms with Gasteiger partial charge in [-0.2, -0.15) is 5.10 Å². The third-order valence-electron chi connectivity index (χ3n) is 4.77. The Morgan fingerprint density at radius 2 is 2.04 bits per heavy atom. The van der Waals surface area contributed by atoms with Gasteiger partial charge in [-0.3, -0.25) is 4.68 Å². The molecular formula is C19H28ClN5. The predicted octanol–water partition coefficient (Wildman–Crippen LogP) is 4.50. The summed E-state index contributed by atoms with van der Waals surface area (Å²) in [5.74, 6) is 2.36. The summed E-state index contributed by atoms with van der Waals surface area (Å²) >= 11 is 6.74. The van der Waals surface area contributed by atoms with E-state index in [1.54, 1.807) is 0 Å². The summed E-state index contributed by atoms with van der Waals surface area (Å²) < 4.78 is 1.95. The van der Waals surface area contributed by atoms with E-state index < -0.39 is 0 Å². The molecule has 0 spiro atoms. The highest BCUT2D eigenvalue weighted by molar-refractivity contribution is 6.30. The van der Waals surface area contributed by atoms with Gasteiger partial charge in [0.2, 0.25) is 0 Å². The minimum absolute atomic E-state index is 0.243. The van der Waals surface area contributed by atoms with E-state index in [-0.39, 0.29) is 6.04 Å². The number of halogens is 1. The van der Waals surface area contributed by atoms with Crippen LogP contribution in [0.3, 0.4) is 0 Å². The van der Waals surface area contributed by atoms with Crippen LogP contribution in [0.1, 0.15) is 62.4 Å². The molecule has 1 atom stereocenters. The van der Waals surface area contributed by atoms with Crippen molar-refractivity contribution in [3.05, 3.63) is 34.0 Å². The zero-order chi connectivity index (χ0) is 18.1. The van der Waals surface area contributed by atoms with Crippen molar-refractivity contribution >= 4 is 17.4 Å². The molecule has 1 unspecified atom stereocenters. The van der Waals surface area contributed by atoms with Crippen LogP contribution in [0.25, 0.3) is 0 Å². The van der Waals surface area contributed by atoms with E-state index >= 15 is 0 Å². The van der Waals surface area contributed by atoms with Gasteiger partial charge < -0.3 is 4.90 Å².